The third-order valence-corrected chi connectivity index (χ3v) is 6.25. The van der Waals surface area contributed by atoms with Gasteiger partial charge in [0.05, 0.1) is 16.7 Å². The Morgan fingerprint density at radius 2 is 1.82 bits per heavy atom. The largest absolute Gasteiger partial charge is 0.325 e. The van der Waals surface area contributed by atoms with Crippen molar-refractivity contribution in [3.63, 3.8) is 0 Å². The third-order valence-electron chi connectivity index (χ3n) is 5.31. The van der Waals surface area contributed by atoms with Crippen molar-refractivity contribution < 1.29 is 9.59 Å². The molecule has 0 fully saturated rings. The average Bonchev–Trinajstić information content (AvgIpc) is 2.81. The van der Waals surface area contributed by atoms with Gasteiger partial charge in [0.2, 0.25) is 5.91 Å². The van der Waals surface area contributed by atoms with Crippen LogP contribution in [-0.2, 0) is 4.79 Å². The minimum atomic E-state index is -0.622. The lowest BCUT2D eigenvalue weighted by Crippen LogP contribution is -2.36. The van der Waals surface area contributed by atoms with E-state index in [1.807, 2.05) is 39.0 Å². The standard InChI is InChI=1S/C25H23N5O3S/c1-15-11-12-26-21(13-15)30-23(32)18-8-4-5-9-20(18)28-25(30)34-14-22(31)29-24(33)27-19-10-6-7-16(2)17(19)3/h4-13H,14H2,1-3H3,(H2,27,29,31,33). The van der Waals surface area contributed by atoms with Crippen LogP contribution in [0.5, 0.6) is 0 Å². The minimum absolute atomic E-state index is 0.114. The fourth-order valence-electron chi connectivity index (χ4n) is 3.39. The van der Waals surface area contributed by atoms with Gasteiger partial charge in [0.15, 0.2) is 5.16 Å². The van der Waals surface area contributed by atoms with Crippen molar-refractivity contribution in [2.75, 3.05) is 11.1 Å². The number of pyridine rings is 1. The summed E-state index contributed by atoms with van der Waals surface area (Å²) in [5.74, 6) is -0.214. The maximum atomic E-state index is 13.3. The van der Waals surface area contributed by atoms with Crippen LogP contribution in [0.25, 0.3) is 16.7 Å². The number of imide groups is 1. The summed E-state index contributed by atoms with van der Waals surface area (Å²) in [7, 11) is 0. The molecule has 0 aliphatic rings. The molecular weight excluding hydrogens is 450 g/mol. The zero-order valence-electron chi connectivity index (χ0n) is 19.0. The van der Waals surface area contributed by atoms with E-state index in [0.29, 0.717) is 27.6 Å². The van der Waals surface area contributed by atoms with E-state index >= 15 is 0 Å². The van der Waals surface area contributed by atoms with Gasteiger partial charge in [0.25, 0.3) is 5.56 Å². The molecule has 0 saturated heterocycles. The predicted octanol–water partition coefficient (Wildman–Crippen LogP) is 4.15. The first-order chi connectivity index (χ1) is 16.3. The van der Waals surface area contributed by atoms with Crippen LogP contribution in [0.4, 0.5) is 10.5 Å². The molecule has 0 aliphatic carbocycles. The van der Waals surface area contributed by atoms with Crippen LogP contribution in [0.2, 0.25) is 0 Å². The molecule has 0 radical (unpaired) electrons. The zero-order chi connectivity index (χ0) is 24.2. The topological polar surface area (TPSA) is 106 Å². The van der Waals surface area contributed by atoms with Crippen LogP contribution in [0, 0.1) is 20.8 Å². The van der Waals surface area contributed by atoms with E-state index in [0.717, 1.165) is 28.5 Å². The molecule has 2 aromatic heterocycles. The normalized spacial score (nSPS) is 10.8. The number of thioether (sulfide) groups is 1. The fourth-order valence-corrected chi connectivity index (χ4v) is 4.19. The molecule has 4 rings (SSSR count). The monoisotopic (exact) mass is 473 g/mol. The number of urea groups is 1. The second-order valence-corrected chi connectivity index (χ2v) is 8.72. The molecule has 2 aromatic carbocycles. The van der Waals surface area contributed by atoms with Crippen LogP contribution < -0.4 is 16.2 Å². The number of carbonyl (C=O) groups excluding carboxylic acids is 2. The number of para-hydroxylation sites is 1. The Morgan fingerprint density at radius 1 is 1.03 bits per heavy atom. The number of aromatic nitrogens is 3. The molecule has 2 heterocycles. The summed E-state index contributed by atoms with van der Waals surface area (Å²) in [6.07, 6.45) is 1.62. The van der Waals surface area contributed by atoms with Gasteiger partial charge in [-0.1, -0.05) is 36.0 Å². The van der Waals surface area contributed by atoms with Gasteiger partial charge >= 0.3 is 6.03 Å². The van der Waals surface area contributed by atoms with Gasteiger partial charge in [-0.3, -0.25) is 14.9 Å². The van der Waals surface area contributed by atoms with Crippen molar-refractivity contribution in [3.05, 3.63) is 87.8 Å². The number of hydrogen-bond acceptors (Lipinski definition) is 6. The maximum absolute atomic E-state index is 13.3. The summed E-state index contributed by atoms with van der Waals surface area (Å²) in [5.41, 5.74) is 3.76. The van der Waals surface area contributed by atoms with Crippen LogP contribution in [-0.4, -0.2) is 32.2 Å². The van der Waals surface area contributed by atoms with Crippen molar-refractivity contribution in [1.82, 2.24) is 19.9 Å². The molecule has 0 unspecified atom stereocenters. The van der Waals surface area contributed by atoms with Crippen molar-refractivity contribution in [2.24, 2.45) is 0 Å². The van der Waals surface area contributed by atoms with Crippen molar-refractivity contribution in [2.45, 2.75) is 25.9 Å². The van der Waals surface area contributed by atoms with Crippen molar-refractivity contribution in [1.29, 1.82) is 0 Å². The Hall–Kier alpha value is -3.98. The van der Waals surface area contributed by atoms with Gasteiger partial charge in [-0.15, -0.1) is 0 Å². The summed E-state index contributed by atoms with van der Waals surface area (Å²) in [6.45, 7) is 5.74. The third kappa shape index (κ3) is 4.99. The Kier molecular flexibility index (Phi) is 6.74. The summed E-state index contributed by atoms with van der Waals surface area (Å²) in [4.78, 5) is 47.0. The molecule has 8 nitrogen and oxygen atoms in total. The number of anilines is 1. The molecule has 0 spiro atoms. The first-order valence-corrected chi connectivity index (χ1v) is 11.6. The van der Waals surface area contributed by atoms with E-state index in [-0.39, 0.29) is 11.3 Å². The highest BCUT2D eigenvalue weighted by Crippen LogP contribution is 2.21. The number of carbonyl (C=O) groups is 2. The number of rotatable bonds is 5. The number of nitrogens with one attached hydrogen (secondary N) is 2. The summed E-state index contributed by atoms with van der Waals surface area (Å²) in [5, 5.41) is 5.78. The summed E-state index contributed by atoms with van der Waals surface area (Å²) in [6, 6.07) is 15.5. The van der Waals surface area contributed by atoms with E-state index in [1.165, 1.54) is 4.57 Å². The van der Waals surface area contributed by atoms with Crippen LogP contribution in [0.15, 0.2) is 70.7 Å². The highest BCUT2D eigenvalue weighted by atomic mass is 32.2. The van der Waals surface area contributed by atoms with Gasteiger partial charge in [-0.05, 0) is 67.8 Å². The molecule has 3 amide bonds. The van der Waals surface area contributed by atoms with Crippen LogP contribution >= 0.6 is 11.8 Å². The number of nitrogens with zero attached hydrogens (tertiary/aromatic N) is 3. The average molecular weight is 474 g/mol. The van der Waals surface area contributed by atoms with E-state index in [1.54, 1.807) is 42.6 Å². The van der Waals surface area contributed by atoms with Gasteiger partial charge in [0.1, 0.15) is 5.82 Å². The van der Waals surface area contributed by atoms with Crippen LogP contribution in [0.1, 0.15) is 16.7 Å². The highest BCUT2D eigenvalue weighted by molar-refractivity contribution is 7.99. The van der Waals surface area contributed by atoms with Crippen LogP contribution in [0.3, 0.4) is 0 Å². The van der Waals surface area contributed by atoms with Crippen molar-refractivity contribution >= 4 is 40.3 Å². The van der Waals surface area contributed by atoms with Gasteiger partial charge in [0, 0.05) is 11.9 Å². The van der Waals surface area contributed by atoms with E-state index in [4.69, 9.17) is 0 Å². The van der Waals surface area contributed by atoms with Gasteiger partial charge in [-0.25, -0.2) is 19.3 Å². The molecule has 0 bridgehead atoms. The fraction of sp³-hybridized carbons (Fsp3) is 0.160. The lowest BCUT2D eigenvalue weighted by Gasteiger charge is -2.13. The number of amides is 3. The van der Waals surface area contributed by atoms with Gasteiger partial charge in [-0.2, -0.15) is 0 Å². The Labute approximate surface area is 200 Å². The second-order valence-electron chi connectivity index (χ2n) is 7.78. The summed E-state index contributed by atoms with van der Waals surface area (Å²) >= 11 is 1.06. The molecule has 0 atom stereocenters. The smallest absolute Gasteiger partial charge is 0.307 e. The predicted molar refractivity (Wildman–Crippen MR) is 134 cm³/mol. The quantitative estimate of drug-likeness (QED) is 0.333. The Morgan fingerprint density at radius 3 is 2.62 bits per heavy atom. The number of aryl methyl sites for hydroxylation is 2. The number of hydrogen-bond donors (Lipinski definition) is 2. The van der Waals surface area contributed by atoms with E-state index in [9.17, 15) is 14.4 Å². The highest BCUT2D eigenvalue weighted by Gasteiger charge is 2.17. The summed E-state index contributed by atoms with van der Waals surface area (Å²) < 4.78 is 1.39. The molecule has 0 saturated carbocycles. The first-order valence-electron chi connectivity index (χ1n) is 10.6. The minimum Gasteiger partial charge on any atom is -0.307 e. The molecule has 2 N–H and O–H groups in total. The van der Waals surface area contributed by atoms with E-state index in [2.05, 4.69) is 20.6 Å². The number of fused-ring (bicyclic) bond motifs is 1. The molecular formula is C25H23N5O3S. The number of benzene rings is 2. The zero-order valence-corrected chi connectivity index (χ0v) is 19.8. The molecule has 34 heavy (non-hydrogen) atoms. The second kappa shape index (κ2) is 9.88. The Balaban J connectivity index is 1.55. The molecule has 0 aliphatic heterocycles. The Bertz CT molecular complexity index is 1460. The SMILES string of the molecule is Cc1ccnc(-n2c(SCC(=O)NC(=O)Nc3cccc(C)c3C)nc3ccccc3c2=O)c1. The lowest BCUT2D eigenvalue weighted by atomic mass is 10.1. The lowest BCUT2D eigenvalue weighted by molar-refractivity contribution is -0.117. The maximum Gasteiger partial charge on any atom is 0.325 e. The van der Waals surface area contributed by atoms with E-state index < -0.39 is 11.9 Å². The first kappa shape index (κ1) is 23.2. The van der Waals surface area contributed by atoms with Gasteiger partial charge < -0.3 is 5.32 Å². The molecule has 9 heteroatoms. The molecule has 172 valence electrons. The van der Waals surface area contributed by atoms with Crippen molar-refractivity contribution in [3.8, 4) is 5.82 Å². The molecule has 4 aromatic rings.